The van der Waals surface area contributed by atoms with Crippen LogP contribution in [0.5, 0.6) is 0 Å². The van der Waals surface area contributed by atoms with Crippen molar-refractivity contribution in [2.45, 2.75) is 44.1 Å². The standard InChI is InChI=1S/C17H23N3O/c1-19-17(9-4-3-5-10-17)12-16(21)20(2)15-8-6-7-14(11-15)13-18/h6-8,11,19H,3-5,9-10,12H2,1-2H3. The molecule has 1 fully saturated rings. The molecule has 4 nitrogen and oxygen atoms in total. The van der Waals surface area contributed by atoms with Crippen LogP contribution in [0.15, 0.2) is 24.3 Å². The number of rotatable bonds is 4. The van der Waals surface area contributed by atoms with Crippen LogP contribution < -0.4 is 10.2 Å². The minimum absolute atomic E-state index is 0.0591. The van der Waals surface area contributed by atoms with Gasteiger partial charge < -0.3 is 10.2 Å². The van der Waals surface area contributed by atoms with Gasteiger partial charge in [-0.3, -0.25) is 4.79 Å². The Morgan fingerprint density at radius 1 is 1.38 bits per heavy atom. The fraction of sp³-hybridized carbons (Fsp3) is 0.529. The van der Waals surface area contributed by atoms with Crippen LogP contribution in [0.25, 0.3) is 0 Å². The molecule has 0 spiro atoms. The summed E-state index contributed by atoms with van der Waals surface area (Å²) in [4.78, 5) is 14.2. The largest absolute Gasteiger partial charge is 0.315 e. The highest BCUT2D eigenvalue weighted by atomic mass is 16.2. The summed E-state index contributed by atoms with van der Waals surface area (Å²) in [5.41, 5.74) is 1.30. The molecule has 1 aromatic carbocycles. The average Bonchev–Trinajstić information content (AvgIpc) is 2.55. The number of carbonyl (C=O) groups excluding carboxylic acids is 1. The zero-order valence-corrected chi connectivity index (χ0v) is 12.9. The van der Waals surface area contributed by atoms with E-state index in [1.165, 1.54) is 19.3 Å². The van der Waals surface area contributed by atoms with E-state index < -0.39 is 0 Å². The quantitative estimate of drug-likeness (QED) is 0.925. The molecule has 1 amide bonds. The van der Waals surface area contributed by atoms with Gasteiger partial charge in [0.25, 0.3) is 0 Å². The van der Waals surface area contributed by atoms with Crippen molar-refractivity contribution in [3.63, 3.8) is 0 Å². The van der Waals surface area contributed by atoms with Gasteiger partial charge in [-0.2, -0.15) is 5.26 Å². The number of nitrogens with one attached hydrogen (secondary N) is 1. The summed E-state index contributed by atoms with van der Waals surface area (Å²) in [5.74, 6) is 0.0985. The summed E-state index contributed by atoms with van der Waals surface area (Å²) in [5, 5.41) is 12.3. The highest BCUT2D eigenvalue weighted by molar-refractivity contribution is 5.93. The van der Waals surface area contributed by atoms with E-state index in [1.807, 2.05) is 19.2 Å². The first-order valence-electron chi connectivity index (χ1n) is 7.56. The van der Waals surface area contributed by atoms with Crippen molar-refractivity contribution in [2.75, 3.05) is 19.0 Å². The maximum atomic E-state index is 12.6. The monoisotopic (exact) mass is 285 g/mol. The number of benzene rings is 1. The summed E-state index contributed by atoms with van der Waals surface area (Å²) in [6.45, 7) is 0. The number of anilines is 1. The van der Waals surface area contributed by atoms with Gasteiger partial charge in [-0.25, -0.2) is 0 Å². The van der Waals surface area contributed by atoms with Crippen LogP contribution in [-0.2, 0) is 4.79 Å². The van der Waals surface area contributed by atoms with Gasteiger partial charge in [0, 0.05) is 24.7 Å². The second kappa shape index (κ2) is 6.73. The first-order valence-corrected chi connectivity index (χ1v) is 7.56. The molecule has 0 heterocycles. The van der Waals surface area contributed by atoms with Crippen molar-refractivity contribution in [1.82, 2.24) is 5.32 Å². The highest BCUT2D eigenvalue weighted by Crippen LogP contribution is 2.31. The van der Waals surface area contributed by atoms with Crippen molar-refractivity contribution in [3.05, 3.63) is 29.8 Å². The van der Waals surface area contributed by atoms with Gasteiger partial charge in [-0.05, 0) is 38.1 Å². The molecule has 0 radical (unpaired) electrons. The fourth-order valence-electron chi connectivity index (χ4n) is 3.08. The Balaban J connectivity index is 2.09. The van der Waals surface area contributed by atoms with Crippen molar-refractivity contribution >= 4 is 11.6 Å². The number of nitrogens with zero attached hydrogens (tertiary/aromatic N) is 2. The van der Waals surface area contributed by atoms with Gasteiger partial charge in [-0.15, -0.1) is 0 Å². The summed E-state index contributed by atoms with van der Waals surface area (Å²) in [6.07, 6.45) is 6.25. The van der Waals surface area contributed by atoms with Gasteiger partial charge in [0.15, 0.2) is 0 Å². The Labute approximate surface area is 126 Å². The smallest absolute Gasteiger partial charge is 0.228 e. The van der Waals surface area contributed by atoms with Crippen molar-refractivity contribution in [1.29, 1.82) is 5.26 Å². The zero-order valence-electron chi connectivity index (χ0n) is 12.9. The molecular weight excluding hydrogens is 262 g/mol. The van der Waals surface area contributed by atoms with Gasteiger partial charge in [-0.1, -0.05) is 25.3 Å². The van der Waals surface area contributed by atoms with E-state index in [1.54, 1.807) is 24.1 Å². The molecule has 1 N–H and O–H groups in total. The molecule has 1 aliphatic carbocycles. The Morgan fingerprint density at radius 3 is 2.71 bits per heavy atom. The maximum absolute atomic E-state index is 12.6. The lowest BCUT2D eigenvalue weighted by atomic mass is 9.79. The molecule has 0 atom stereocenters. The lowest BCUT2D eigenvalue weighted by Gasteiger charge is -2.37. The summed E-state index contributed by atoms with van der Waals surface area (Å²) < 4.78 is 0. The van der Waals surface area contributed by atoms with E-state index in [-0.39, 0.29) is 11.4 Å². The average molecular weight is 285 g/mol. The molecule has 0 aromatic heterocycles. The number of nitriles is 1. The number of carbonyl (C=O) groups is 1. The Kier molecular flexibility index (Phi) is 4.98. The molecule has 0 aliphatic heterocycles. The van der Waals surface area contributed by atoms with Crippen molar-refractivity contribution in [2.24, 2.45) is 0 Å². The molecule has 0 bridgehead atoms. The van der Waals surface area contributed by atoms with Crippen LogP contribution in [0.4, 0.5) is 5.69 Å². The molecule has 112 valence electrons. The van der Waals surface area contributed by atoms with Gasteiger partial charge in [0.2, 0.25) is 5.91 Å². The molecule has 2 rings (SSSR count). The number of hydrogen-bond acceptors (Lipinski definition) is 3. The van der Waals surface area contributed by atoms with Crippen LogP contribution in [-0.4, -0.2) is 25.5 Å². The molecular formula is C17H23N3O. The van der Waals surface area contributed by atoms with Crippen LogP contribution in [0.2, 0.25) is 0 Å². The molecule has 1 aliphatic rings. The molecule has 1 aromatic rings. The van der Waals surface area contributed by atoms with E-state index in [9.17, 15) is 4.79 Å². The Hall–Kier alpha value is -1.86. The van der Waals surface area contributed by atoms with Crippen molar-refractivity contribution < 1.29 is 4.79 Å². The van der Waals surface area contributed by atoms with E-state index in [2.05, 4.69) is 11.4 Å². The SMILES string of the molecule is CNC1(CC(=O)N(C)c2cccc(C#N)c2)CCCCC1. The Bertz CT molecular complexity index is 541. The number of hydrogen-bond donors (Lipinski definition) is 1. The van der Waals surface area contributed by atoms with E-state index >= 15 is 0 Å². The maximum Gasteiger partial charge on any atom is 0.228 e. The van der Waals surface area contributed by atoms with E-state index in [4.69, 9.17) is 5.26 Å². The summed E-state index contributed by atoms with van der Waals surface area (Å²) in [7, 11) is 3.74. The Morgan fingerprint density at radius 2 is 2.10 bits per heavy atom. The molecule has 0 unspecified atom stereocenters. The molecule has 4 heteroatoms. The predicted octanol–water partition coefficient (Wildman–Crippen LogP) is 2.83. The number of amides is 1. The van der Waals surface area contributed by atoms with Crippen LogP contribution in [0.1, 0.15) is 44.1 Å². The second-order valence-electron chi connectivity index (χ2n) is 5.88. The van der Waals surface area contributed by atoms with Gasteiger partial charge in [0.05, 0.1) is 11.6 Å². The second-order valence-corrected chi connectivity index (χ2v) is 5.88. The lowest BCUT2D eigenvalue weighted by Crippen LogP contribution is -2.48. The minimum Gasteiger partial charge on any atom is -0.315 e. The molecule has 21 heavy (non-hydrogen) atoms. The fourth-order valence-corrected chi connectivity index (χ4v) is 3.08. The first-order chi connectivity index (χ1) is 10.1. The third-order valence-electron chi connectivity index (χ3n) is 4.57. The lowest BCUT2D eigenvalue weighted by molar-refractivity contribution is -0.120. The topological polar surface area (TPSA) is 56.1 Å². The third kappa shape index (κ3) is 3.62. The summed E-state index contributed by atoms with van der Waals surface area (Å²) >= 11 is 0. The van der Waals surface area contributed by atoms with Crippen LogP contribution >= 0.6 is 0 Å². The summed E-state index contributed by atoms with van der Waals surface area (Å²) in [6, 6.07) is 9.29. The van der Waals surface area contributed by atoms with Gasteiger partial charge in [0.1, 0.15) is 0 Å². The zero-order chi connectivity index (χ0) is 15.3. The minimum atomic E-state index is -0.0591. The molecule has 0 saturated heterocycles. The van der Waals surface area contributed by atoms with E-state index in [0.717, 1.165) is 18.5 Å². The van der Waals surface area contributed by atoms with Crippen LogP contribution in [0.3, 0.4) is 0 Å². The predicted molar refractivity (Wildman–Crippen MR) is 84.1 cm³/mol. The normalized spacial score (nSPS) is 17.0. The van der Waals surface area contributed by atoms with E-state index in [0.29, 0.717) is 12.0 Å². The van der Waals surface area contributed by atoms with Crippen LogP contribution in [0, 0.1) is 11.3 Å². The highest BCUT2D eigenvalue weighted by Gasteiger charge is 2.33. The molecule has 1 saturated carbocycles. The van der Waals surface area contributed by atoms with Crippen molar-refractivity contribution in [3.8, 4) is 6.07 Å². The van der Waals surface area contributed by atoms with Gasteiger partial charge >= 0.3 is 0 Å². The first kappa shape index (κ1) is 15.5. The third-order valence-corrected chi connectivity index (χ3v) is 4.57.